The molecule has 0 spiro atoms. The van der Waals surface area contributed by atoms with Crippen LogP contribution in [0.1, 0.15) is 25.3 Å². The third kappa shape index (κ3) is 4.18. The van der Waals surface area contributed by atoms with Gasteiger partial charge in [0.25, 0.3) is 5.56 Å². The third-order valence-electron chi connectivity index (χ3n) is 4.94. The van der Waals surface area contributed by atoms with Crippen molar-refractivity contribution >= 4 is 40.0 Å². The van der Waals surface area contributed by atoms with Crippen LogP contribution in [0.25, 0.3) is 16.7 Å². The first-order valence-electron chi connectivity index (χ1n) is 10.0. The fourth-order valence-corrected chi connectivity index (χ4v) is 4.12. The van der Waals surface area contributed by atoms with Crippen LogP contribution in [0.4, 0.5) is 10.1 Å². The highest BCUT2D eigenvalue weighted by molar-refractivity contribution is 7.99. The Balaban J connectivity index is 1.64. The average Bonchev–Trinajstić information content (AvgIpc) is 3.18. The SMILES string of the molecule is CCCCn1c(=O)c2ccccc2n2c(SCC(=O)Nc3ccc(C)cc3F)nnc12. The molecule has 0 aliphatic heterocycles. The van der Waals surface area contributed by atoms with E-state index in [0.29, 0.717) is 28.4 Å². The Morgan fingerprint density at radius 2 is 2.00 bits per heavy atom. The van der Waals surface area contributed by atoms with Crippen molar-refractivity contribution in [2.24, 2.45) is 0 Å². The number of nitrogens with zero attached hydrogens (tertiary/aromatic N) is 4. The van der Waals surface area contributed by atoms with Crippen LogP contribution in [-0.4, -0.2) is 30.8 Å². The topological polar surface area (TPSA) is 81.3 Å². The summed E-state index contributed by atoms with van der Waals surface area (Å²) in [6.45, 7) is 4.38. The van der Waals surface area contributed by atoms with Crippen molar-refractivity contribution in [3.05, 3.63) is 64.2 Å². The summed E-state index contributed by atoms with van der Waals surface area (Å²) >= 11 is 1.19. The predicted octanol–water partition coefficient (Wildman–Crippen LogP) is 4.02. The number of anilines is 1. The van der Waals surface area contributed by atoms with Crippen molar-refractivity contribution in [1.82, 2.24) is 19.2 Å². The summed E-state index contributed by atoms with van der Waals surface area (Å²) < 4.78 is 17.4. The van der Waals surface area contributed by atoms with Gasteiger partial charge < -0.3 is 5.32 Å². The summed E-state index contributed by atoms with van der Waals surface area (Å²) in [5.74, 6) is -0.355. The maximum Gasteiger partial charge on any atom is 0.262 e. The molecule has 1 amide bonds. The van der Waals surface area contributed by atoms with Gasteiger partial charge in [-0.3, -0.25) is 18.6 Å². The van der Waals surface area contributed by atoms with Gasteiger partial charge in [0, 0.05) is 6.54 Å². The highest BCUT2D eigenvalue weighted by Crippen LogP contribution is 2.22. The Bertz CT molecular complexity index is 1330. The number of hydrogen-bond donors (Lipinski definition) is 1. The first-order chi connectivity index (χ1) is 15.0. The van der Waals surface area contributed by atoms with Gasteiger partial charge in [-0.1, -0.05) is 43.3 Å². The normalized spacial score (nSPS) is 11.3. The molecule has 2 aromatic carbocycles. The molecule has 7 nitrogen and oxygen atoms in total. The van der Waals surface area contributed by atoms with Crippen LogP contribution >= 0.6 is 11.8 Å². The van der Waals surface area contributed by atoms with Gasteiger partial charge >= 0.3 is 0 Å². The van der Waals surface area contributed by atoms with Crippen LogP contribution < -0.4 is 10.9 Å². The number of carbonyl (C=O) groups excluding carboxylic acids is 1. The molecule has 0 aliphatic rings. The lowest BCUT2D eigenvalue weighted by Crippen LogP contribution is -2.23. The molecule has 4 aromatic rings. The maximum atomic E-state index is 14.0. The van der Waals surface area contributed by atoms with Gasteiger partial charge in [-0.25, -0.2) is 4.39 Å². The number of nitrogens with one attached hydrogen (secondary N) is 1. The van der Waals surface area contributed by atoms with Crippen LogP contribution in [0, 0.1) is 12.7 Å². The molecule has 4 rings (SSSR count). The number of benzene rings is 2. The van der Waals surface area contributed by atoms with Crippen molar-refractivity contribution in [3.63, 3.8) is 0 Å². The van der Waals surface area contributed by atoms with E-state index in [4.69, 9.17) is 0 Å². The van der Waals surface area contributed by atoms with Crippen molar-refractivity contribution in [1.29, 1.82) is 0 Å². The molecule has 0 saturated carbocycles. The van der Waals surface area contributed by atoms with Gasteiger partial charge in [-0.05, 0) is 43.2 Å². The van der Waals surface area contributed by atoms with E-state index < -0.39 is 5.82 Å². The number of unbranched alkanes of at least 4 members (excludes halogenated alkanes) is 1. The largest absolute Gasteiger partial charge is 0.323 e. The van der Waals surface area contributed by atoms with Gasteiger partial charge in [-0.15, -0.1) is 10.2 Å². The Morgan fingerprint density at radius 1 is 1.19 bits per heavy atom. The van der Waals surface area contributed by atoms with E-state index in [1.807, 2.05) is 18.2 Å². The molecule has 9 heteroatoms. The maximum absolute atomic E-state index is 14.0. The number of aromatic nitrogens is 4. The van der Waals surface area contributed by atoms with Crippen LogP contribution in [0.5, 0.6) is 0 Å². The number of rotatable bonds is 7. The molecule has 0 saturated heterocycles. The zero-order valence-electron chi connectivity index (χ0n) is 17.3. The van der Waals surface area contributed by atoms with Crippen LogP contribution in [0.3, 0.4) is 0 Å². The fraction of sp³-hybridized carbons (Fsp3) is 0.273. The number of halogens is 1. The van der Waals surface area contributed by atoms with E-state index in [0.717, 1.165) is 18.4 Å². The molecule has 0 fully saturated rings. The summed E-state index contributed by atoms with van der Waals surface area (Å²) in [5.41, 5.74) is 1.50. The summed E-state index contributed by atoms with van der Waals surface area (Å²) in [7, 11) is 0. The molecule has 0 aliphatic carbocycles. The summed E-state index contributed by atoms with van der Waals surface area (Å²) in [4.78, 5) is 25.4. The smallest absolute Gasteiger partial charge is 0.262 e. The van der Waals surface area contributed by atoms with E-state index in [1.165, 1.54) is 17.8 Å². The minimum Gasteiger partial charge on any atom is -0.323 e. The van der Waals surface area contributed by atoms with E-state index in [9.17, 15) is 14.0 Å². The molecule has 0 atom stereocenters. The third-order valence-corrected chi connectivity index (χ3v) is 5.87. The van der Waals surface area contributed by atoms with Gasteiger partial charge in [-0.2, -0.15) is 0 Å². The highest BCUT2D eigenvalue weighted by atomic mass is 32.2. The van der Waals surface area contributed by atoms with Crippen molar-refractivity contribution in [3.8, 4) is 0 Å². The van der Waals surface area contributed by atoms with Crippen molar-refractivity contribution in [2.45, 2.75) is 38.4 Å². The zero-order chi connectivity index (χ0) is 22.0. The second-order valence-corrected chi connectivity index (χ2v) is 8.21. The molecule has 0 unspecified atom stereocenters. The molecule has 160 valence electrons. The van der Waals surface area contributed by atoms with Crippen LogP contribution in [0.15, 0.2) is 52.4 Å². The second kappa shape index (κ2) is 8.89. The molecule has 2 heterocycles. The second-order valence-electron chi connectivity index (χ2n) is 7.27. The number of carbonyl (C=O) groups is 1. The quantitative estimate of drug-likeness (QED) is 0.440. The summed E-state index contributed by atoms with van der Waals surface area (Å²) in [6.07, 6.45) is 1.78. The van der Waals surface area contributed by atoms with Gasteiger partial charge in [0.2, 0.25) is 11.7 Å². The van der Waals surface area contributed by atoms with E-state index in [1.54, 1.807) is 34.1 Å². The monoisotopic (exact) mass is 439 g/mol. The van der Waals surface area contributed by atoms with Gasteiger partial charge in [0.1, 0.15) is 5.82 Å². The molecule has 0 radical (unpaired) electrons. The van der Waals surface area contributed by atoms with E-state index >= 15 is 0 Å². The van der Waals surface area contributed by atoms with Crippen molar-refractivity contribution in [2.75, 3.05) is 11.1 Å². The number of thioether (sulfide) groups is 1. The molecular formula is C22H22FN5O2S. The number of aryl methyl sites for hydroxylation is 2. The molecule has 2 aromatic heterocycles. The van der Waals surface area contributed by atoms with Gasteiger partial charge in [0.15, 0.2) is 5.16 Å². The van der Waals surface area contributed by atoms with E-state index in [2.05, 4.69) is 22.4 Å². The lowest BCUT2D eigenvalue weighted by atomic mass is 10.2. The minimum absolute atomic E-state index is 0.0243. The lowest BCUT2D eigenvalue weighted by molar-refractivity contribution is -0.113. The number of fused-ring (bicyclic) bond motifs is 3. The fourth-order valence-electron chi connectivity index (χ4n) is 3.38. The molecule has 0 bridgehead atoms. The lowest BCUT2D eigenvalue weighted by Gasteiger charge is -2.11. The summed E-state index contributed by atoms with van der Waals surface area (Å²) in [5, 5.41) is 12.1. The van der Waals surface area contributed by atoms with E-state index in [-0.39, 0.29) is 22.9 Å². The van der Waals surface area contributed by atoms with Crippen LogP contribution in [0.2, 0.25) is 0 Å². The minimum atomic E-state index is -0.475. The molecule has 1 N–H and O–H groups in total. The average molecular weight is 440 g/mol. The number of para-hydroxylation sites is 1. The predicted molar refractivity (Wildman–Crippen MR) is 120 cm³/mol. The summed E-state index contributed by atoms with van der Waals surface area (Å²) in [6, 6.07) is 11.9. The molecule has 31 heavy (non-hydrogen) atoms. The Labute approximate surface area is 182 Å². The Kier molecular flexibility index (Phi) is 6.03. The zero-order valence-corrected chi connectivity index (χ0v) is 18.1. The number of hydrogen-bond acceptors (Lipinski definition) is 5. The Morgan fingerprint density at radius 3 is 2.77 bits per heavy atom. The number of amides is 1. The first-order valence-corrected chi connectivity index (χ1v) is 11.0. The first kappa shape index (κ1) is 21.0. The Hall–Kier alpha value is -3.20. The molecular weight excluding hydrogens is 417 g/mol. The highest BCUT2D eigenvalue weighted by Gasteiger charge is 2.17. The van der Waals surface area contributed by atoms with Crippen LogP contribution in [-0.2, 0) is 11.3 Å². The van der Waals surface area contributed by atoms with Crippen molar-refractivity contribution < 1.29 is 9.18 Å². The van der Waals surface area contributed by atoms with Gasteiger partial charge in [0.05, 0.1) is 22.3 Å². The standard InChI is InChI=1S/C22H22FN5O2S/c1-3-4-11-27-20(30)15-7-5-6-8-18(15)28-21(27)25-26-22(28)31-13-19(29)24-17-10-9-14(2)12-16(17)23/h5-10,12H,3-4,11,13H2,1-2H3,(H,24,29).